The van der Waals surface area contributed by atoms with Gasteiger partial charge in [-0.05, 0) is 0 Å². The summed E-state index contributed by atoms with van der Waals surface area (Å²) in [7, 11) is 0. The number of aliphatic hydroxyl groups excluding tert-OH is 1. The van der Waals surface area contributed by atoms with E-state index in [9.17, 15) is 24.6 Å². The highest BCUT2D eigenvalue weighted by Gasteiger charge is 2.47. The molecule has 0 rings (SSSR count). The van der Waals surface area contributed by atoms with Gasteiger partial charge < -0.3 is 24.4 Å². The lowest BCUT2D eigenvalue weighted by Crippen LogP contribution is -2.51. The van der Waals surface area contributed by atoms with Crippen LogP contribution >= 0.6 is 0 Å². The van der Waals surface area contributed by atoms with Gasteiger partial charge in [0.05, 0.1) is 0 Å². The Morgan fingerprint density at radius 2 is 1.32 bits per heavy atom. The molecule has 8 heteroatoms. The first-order valence-corrected chi connectivity index (χ1v) is 4.73. The molecule has 0 aromatic rings. The van der Waals surface area contributed by atoms with Crippen LogP contribution in [0.5, 0.6) is 0 Å². The van der Waals surface area contributed by atoms with Gasteiger partial charge in [-0.15, -0.1) is 0 Å². The molecule has 0 saturated carbocycles. The van der Waals surface area contributed by atoms with Gasteiger partial charge in [-0.25, -0.2) is 14.4 Å². The zero-order valence-electron chi connectivity index (χ0n) is 9.77. The number of ether oxygens (including phenoxy) is 3. The van der Waals surface area contributed by atoms with E-state index in [2.05, 4.69) is 33.9 Å². The first kappa shape index (κ1) is 16.6. The highest BCUT2D eigenvalue weighted by Crippen LogP contribution is 2.18. The zero-order valence-corrected chi connectivity index (χ0v) is 9.77. The van der Waals surface area contributed by atoms with Gasteiger partial charge >= 0.3 is 30.2 Å². The lowest BCUT2D eigenvalue weighted by molar-refractivity contribution is -0.395. The third-order valence-corrected chi connectivity index (χ3v) is 1.53. The molecule has 0 aliphatic carbocycles. The van der Waals surface area contributed by atoms with Crippen LogP contribution in [0.1, 0.15) is 0 Å². The minimum absolute atomic E-state index is 0.620. The quantitative estimate of drug-likeness (QED) is 0.349. The van der Waals surface area contributed by atoms with Crippen LogP contribution in [0.3, 0.4) is 0 Å². The summed E-state index contributed by atoms with van der Waals surface area (Å²) in [5.74, 6) is -6.88. The molecule has 0 fully saturated rings. The van der Waals surface area contributed by atoms with Crippen LogP contribution in [-0.2, 0) is 28.6 Å². The molecule has 0 spiro atoms. The standard InChI is InChI=1S/C11H12O8/c1-4-7(12)17-10(15)11(16,18-8(13)5-2)19-9(14)6-3/h4-6,10,15-16H,1-3H2. The van der Waals surface area contributed by atoms with Crippen LogP contribution in [0.4, 0.5) is 0 Å². The van der Waals surface area contributed by atoms with E-state index in [1.54, 1.807) is 0 Å². The number of esters is 3. The van der Waals surface area contributed by atoms with Gasteiger partial charge in [0.15, 0.2) is 0 Å². The second-order valence-corrected chi connectivity index (χ2v) is 2.87. The highest BCUT2D eigenvalue weighted by molar-refractivity contribution is 5.83. The van der Waals surface area contributed by atoms with Gasteiger partial charge in [0.2, 0.25) is 0 Å². The number of carbonyl (C=O) groups is 3. The number of carbonyl (C=O) groups excluding carboxylic acids is 3. The second-order valence-electron chi connectivity index (χ2n) is 2.87. The molecule has 0 saturated heterocycles. The third kappa shape index (κ3) is 5.15. The van der Waals surface area contributed by atoms with Crippen molar-refractivity contribution in [1.29, 1.82) is 0 Å². The molecule has 2 N–H and O–H groups in total. The average molecular weight is 272 g/mol. The molecule has 8 nitrogen and oxygen atoms in total. The van der Waals surface area contributed by atoms with E-state index >= 15 is 0 Å². The highest BCUT2D eigenvalue weighted by atomic mass is 16.9. The Morgan fingerprint density at radius 1 is 0.947 bits per heavy atom. The number of rotatable bonds is 7. The molecular formula is C11H12O8. The molecule has 0 bridgehead atoms. The molecule has 1 atom stereocenters. The van der Waals surface area contributed by atoms with Crippen LogP contribution in [0, 0.1) is 0 Å². The van der Waals surface area contributed by atoms with Gasteiger partial charge in [0.1, 0.15) is 0 Å². The lowest BCUT2D eigenvalue weighted by Gasteiger charge is -2.28. The summed E-state index contributed by atoms with van der Waals surface area (Å²) in [6.45, 7) is 9.09. The van der Waals surface area contributed by atoms with Crippen molar-refractivity contribution in [2.75, 3.05) is 0 Å². The maximum absolute atomic E-state index is 11.0. The van der Waals surface area contributed by atoms with Gasteiger partial charge in [0.25, 0.3) is 0 Å². The fourth-order valence-electron chi connectivity index (χ4n) is 0.726. The van der Waals surface area contributed by atoms with E-state index in [4.69, 9.17) is 0 Å². The SMILES string of the molecule is C=CC(=O)OC(O)C(O)(OC(=O)C=C)OC(=O)C=C. The van der Waals surface area contributed by atoms with Crippen molar-refractivity contribution >= 4 is 17.9 Å². The van der Waals surface area contributed by atoms with Crippen molar-refractivity contribution in [3.8, 4) is 0 Å². The maximum Gasteiger partial charge on any atom is 0.440 e. The van der Waals surface area contributed by atoms with Crippen molar-refractivity contribution in [3.05, 3.63) is 38.0 Å². The van der Waals surface area contributed by atoms with Crippen molar-refractivity contribution in [1.82, 2.24) is 0 Å². The van der Waals surface area contributed by atoms with Crippen molar-refractivity contribution in [2.45, 2.75) is 12.3 Å². The topological polar surface area (TPSA) is 119 Å². The first-order chi connectivity index (χ1) is 8.78. The van der Waals surface area contributed by atoms with E-state index < -0.39 is 30.2 Å². The summed E-state index contributed by atoms with van der Waals surface area (Å²) in [5, 5.41) is 19.1. The normalized spacial score (nSPS) is 11.7. The lowest BCUT2D eigenvalue weighted by atomic mass is 10.5. The van der Waals surface area contributed by atoms with E-state index in [-0.39, 0.29) is 0 Å². The van der Waals surface area contributed by atoms with Crippen molar-refractivity contribution < 1.29 is 38.8 Å². The third-order valence-electron chi connectivity index (χ3n) is 1.53. The summed E-state index contributed by atoms with van der Waals surface area (Å²) in [4.78, 5) is 32.8. The largest absolute Gasteiger partial charge is 0.440 e. The smallest absolute Gasteiger partial charge is 0.421 e. The Balaban J connectivity index is 5.11. The average Bonchev–Trinajstić information content (AvgIpc) is 2.37. The number of hydrogen-bond acceptors (Lipinski definition) is 8. The van der Waals surface area contributed by atoms with Gasteiger partial charge in [0, 0.05) is 18.2 Å². The summed E-state index contributed by atoms with van der Waals surface area (Å²) in [6, 6.07) is 0. The minimum Gasteiger partial charge on any atom is -0.421 e. The predicted octanol–water partition coefficient (Wildman–Crippen LogP) is -0.862. The molecule has 0 aliphatic rings. The van der Waals surface area contributed by atoms with Gasteiger partial charge in [-0.2, -0.15) is 0 Å². The van der Waals surface area contributed by atoms with E-state index in [1.807, 2.05) is 0 Å². The second kappa shape index (κ2) is 7.09. The van der Waals surface area contributed by atoms with Crippen molar-refractivity contribution in [3.63, 3.8) is 0 Å². The molecule has 19 heavy (non-hydrogen) atoms. The molecule has 0 aromatic heterocycles. The van der Waals surface area contributed by atoms with Crippen LogP contribution in [0.15, 0.2) is 38.0 Å². The minimum atomic E-state index is -3.24. The Bertz CT molecular complexity index is 389. The Labute approximate surface area is 108 Å². The molecule has 0 amide bonds. The van der Waals surface area contributed by atoms with Crippen molar-refractivity contribution in [2.24, 2.45) is 0 Å². The molecule has 0 aromatic carbocycles. The van der Waals surface area contributed by atoms with Crippen LogP contribution in [0.2, 0.25) is 0 Å². The van der Waals surface area contributed by atoms with E-state index in [0.29, 0.717) is 18.2 Å². The van der Waals surface area contributed by atoms with Gasteiger partial charge in [-0.3, -0.25) is 0 Å². The predicted molar refractivity (Wildman–Crippen MR) is 59.8 cm³/mol. The molecular weight excluding hydrogens is 260 g/mol. The Kier molecular flexibility index (Phi) is 6.17. The summed E-state index contributed by atoms with van der Waals surface area (Å²) in [6.07, 6.45) is -0.594. The molecule has 1 unspecified atom stereocenters. The Hall–Kier alpha value is -2.45. The molecule has 0 radical (unpaired) electrons. The molecule has 0 heterocycles. The fourth-order valence-corrected chi connectivity index (χ4v) is 0.726. The zero-order chi connectivity index (χ0) is 15.1. The Morgan fingerprint density at radius 3 is 1.63 bits per heavy atom. The van der Waals surface area contributed by atoms with Gasteiger partial charge in [-0.1, -0.05) is 19.7 Å². The number of aliphatic hydroxyl groups is 2. The van der Waals surface area contributed by atoms with Crippen LogP contribution in [-0.4, -0.2) is 40.4 Å². The maximum atomic E-state index is 11.0. The summed E-state index contributed by atoms with van der Waals surface area (Å²) >= 11 is 0. The number of hydrogen-bond donors (Lipinski definition) is 2. The molecule has 0 aliphatic heterocycles. The monoisotopic (exact) mass is 272 g/mol. The van der Waals surface area contributed by atoms with E-state index in [0.717, 1.165) is 0 Å². The first-order valence-electron chi connectivity index (χ1n) is 4.73. The molecule has 104 valence electrons. The summed E-state index contributed by atoms with van der Waals surface area (Å²) < 4.78 is 12.6. The van der Waals surface area contributed by atoms with Crippen LogP contribution < -0.4 is 0 Å². The van der Waals surface area contributed by atoms with E-state index in [1.165, 1.54) is 0 Å². The summed E-state index contributed by atoms with van der Waals surface area (Å²) in [5.41, 5.74) is 0. The fraction of sp³-hybridized carbons (Fsp3) is 0.182. The van der Waals surface area contributed by atoms with Crippen LogP contribution in [0.25, 0.3) is 0 Å².